The standard InChI is InChI=1S/C16H24N4O/c1-11-13(16(21)20-12-6-2-3-7-12)10-18-15(19-11)14-8-4-5-9-17-14/h10,12,14,17H,2-9H2,1H3,(H,20,21)/t14-/m0/s1. The Labute approximate surface area is 125 Å². The minimum absolute atomic E-state index is 0.0254. The third-order valence-corrected chi connectivity index (χ3v) is 4.55. The molecule has 1 aliphatic carbocycles. The molecule has 2 N–H and O–H groups in total. The Morgan fingerprint density at radius 1 is 1.24 bits per heavy atom. The lowest BCUT2D eigenvalue weighted by Gasteiger charge is -2.22. The Kier molecular flexibility index (Phi) is 4.48. The van der Waals surface area contributed by atoms with Gasteiger partial charge >= 0.3 is 0 Å². The van der Waals surface area contributed by atoms with E-state index in [0.29, 0.717) is 11.6 Å². The van der Waals surface area contributed by atoms with Gasteiger partial charge < -0.3 is 10.6 Å². The van der Waals surface area contributed by atoms with Crippen LogP contribution in [-0.2, 0) is 0 Å². The SMILES string of the molecule is Cc1nc([C@@H]2CCCCN2)ncc1C(=O)NC1CCCC1. The Morgan fingerprint density at radius 3 is 2.67 bits per heavy atom. The summed E-state index contributed by atoms with van der Waals surface area (Å²) in [6.07, 6.45) is 9.82. The van der Waals surface area contributed by atoms with Crippen LogP contribution in [0.15, 0.2) is 6.20 Å². The van der Waals surface area contributed by atoms with Crippen molar-refractivity contribution in [3.63, 3.8) is 0 Å². The van der Waals surface area contributed by atoms with Crippen LogP contribution in [0.4, 0.5) is 0 Å². The van der Waals surface area contributed by atoms with E-state index in [1.54, 1.807) is 6.20 Å². The zero-order valence-corrected chi connectivity index (χ0v) is 12.7. The predicted octanol–water partition coefficient (Wildman–Crippen LogP) is 2.27. The lowest BCUT2D eigenvalue weighted by Crippen LogP contribution is -2.34. The van der Waals surface area contributed by atoms with E-state index in [0.717, 1.165) is 37.3 Å². The zero-order valence-electron chi connectivity index (χ0n) is 12.7. The number of hydrogen-bond acceptors (Lipinski definition) is 4. The molecule has 2 heterocycles. The van der Waals surface area contributed by atoms with Crippen molar-refractivity contribution in [1.82, 2.24) is 20.6 Å². The molecule has 1 saturated carbocycles. The first kappa shape index (κ1) is 14.4. The zero-order chi connectivity index (χ0) is 14.7. The maximum Gasteiger partial charge on any atom is 0.254 e. The summed E-state index contributed by atoms with van der Waals surface area (Å²) in [5, 5.41) is 6.54. The number of carbonyl (C=O) groups excluding carboxylic acids is 1. The Bertz CT molecular complexity index is 505. The predicted molar refractivity (Wildman–Crippen MR) is 81.1 cm³/mol. The number of nitrogens with zero attached hydrogens (tertiary/aromatic N) is 2. The van der Waals surface area contributed by atoms with Gasteiger partial charge in [-0.25, -0.2) is 9.97 Å². The molecule has 1 aliphatic heterocycles. The minimum Gasteiger partial charge on any atom is -0.349 e. The van der Waals surface area contributed by atoms with Crippen molar-refractivity contribution in [3.8, 4) is 0 Å². The van der Waals surface area contributed by atoms with Gasteiger partial charge in [-0.15, -0.1) is 0 Å². The van der Waals surface area contributed by atoms with Crippen LogP contribution in [0.5, 0.6) is 0 Å². The molecule has 1 aromatic rings. The monoisotopic (exact) mass is 288 g/mol. The molecule has 0 unspecified atom stereocenters. The largest absolute Gasteiger partial charge is 0.349 e. The maximum atomic E-state index is 12.3. The van der Waals surface area contributed by atoms with Crippen LogP contribution in [-0.4, -0.2) is 28.5 Å². The quantitative estimate of drug-likeness (QED) is 0.895. The van der Waals surface area contributed by atoms with Gasteiger partial charge in [0.15, 0.2) is 0 Å². The molecule has 3 rings (SSSR count). The van der Waals surface area contributed by atoms with E-state index >= 15 is 0 Å². The van der Waals surface area contributed by atoms with E-state index in [2.05, 4.69) is 20.6 Å². The molecule has 0 aromatic carbocycles. The van der Waals surface area contributed by atoms with Crippen molar-refractivity contribution in [2.24, 2.45) is 0 Å². The lowest BCUT2D eigenvalue weighted by molar-refractivity contribution is 0.0936. The molecule has 0 spiro atoms. The summed E-state index contributed by atoms with van der Waals surface area (Å²) in [6.45, 7) is 2.93. The van der Waals surface area contributed by atoms with E-state index in [9.17, 15) is 4.79 Å². The number of aromatic nitrogens is 2. The van der Waals surface area contributed by atoms with Gasteiger partial charge in [0.05, 0.1) is 17.3 Å². The Hall–Kier alpha value is -1.49. The van der Waals surface area contributed by atoms with Crippen molar-refractivity contribution in [1.29, 1.82) is 0 Å². The molecular formula is C16H24N4O. The third-order valence-electron chi connectivity index (χ3n) is 4.55. The number of aryl methyl sites for hydroxylation is 1. The van der Waals surface area contributed by atoms with Crippen LogP contribution in [0.2, 0.25) is 0 Å². The second-order valence-electron chi connectivity index (χ2n) is 6.18. The first-order chi connectivity index (χ1) is 10.2. The molecule has 0 radical (unpaired) electrons. The highest BCUT2D eigenvalue weighted by molar-refractivity contribution is 5.95. The van der Waals surface area contributed by atoms with Crippen molar-refractivity contribution in [2.75, 3.05) is 6.54 Å². The molecule has 2 fully saturated rings. The van der Waals surface area contributed by atoms with E-state index in [1.807, 2.05) is 6.92 Å². The van der Waals surface area contributed by atoms with Crippen molar-refractivity contribution < 1.29 is 4.79 Å². The molecule has 5 nitrogen and oxygen atoms in total. The highest BCUT2D eigenvalue weighted by Crippen LogP contribution is 2.21. The van der Waals surface area contributed by atoms with Crippen LogP contribution in [0.1, 0.15) is 72.9 Å². The van der Waals surface area contributed by atoms with Crippen LogP contribution in [0.25, 0.3) is 0 Å². The molecule has 1 atom stereocenters. The van der Waals surface area contributed by atoms with Crippen molar-refractivity contribution >= 4 is 5.91 Å². The third kappa shape index (κ3) is 3.40. The van der Waals surface area contributed by atoms with Gasteiger partial charge in [0.2, 0.25) is 0 Å². The molecule has 114 valence electrons. The summed E-state index contributed by atoms with van der Waals surface area (Å²) in [4.78, 5) is 21.3. The number of rotatable bonds is 3. The molecule has 0 bridgehead atoms. The number of carbonyl (C=O) groups is 1. The molecule has 21 heavy (non-hydrogen) atoms. The number of piperidine rings is 1. The van der Waals surface area contributed by atoms with E-state index < -0.39 is 0 Å². The highest BCUT2D eigenvalue weighted by atomic mass is 16.1. The number of nitrogens with one attached hydrogen (secondary N) is 2. The van der Waals surface area contributed by atoms with Crippen molar-refractivity contribution in [3.05, 3.63) is 23.3 Å². The van der Waals surface area contributed by atoms with Crippen LogP contribution >= 0.6 is 0 Å². The molecule has 1 aromatic heterocycles. The second-order valence-corrected chi connectivity index (χ2v) is 6.18. The Balaban J connectivity index is 1.69. The van der Waals surface area contributed by atoms with Crippen LogP contribution in [0.3, 0.4) is 0 Å². The van der Waals surface area contributed by atoms with Gasteiger partial charge in [-0.3, -0.25) is 4.79 Å². The fraction of sp³-hybridized carbons (Fsp3) is 0.688. The molecule has 1 saturated heterocycles. The smallest absolute Gasteiger partial charge is 0.254 e. The first-order valence-corrected chi connectivity index (χ1v) is 8.12. The Morgan fingerprint density at radius 2 is 2.00 bits per heavy atom. The fourth-order valence-corrected chi connectivity index (χ4v) is 3.28. The number of hydrogen-bond donors (Lipinski definition) is 2. The van der Waals surface area contributed by atoms with Crippen LogP contribution < -0.4 is 10.6 Å². The van der Waals surface area contributed by atoms with Gasteiger partial charge in [-0.2, -0.15) is 0 Å². The van der Waals surface area contributed by atoms with E-state index in [-0.39, 0.29) is 11.9 Å². The highest BCUT2D eigenvalue weighted by Gasteiger charge is 2.22. The molecular weight excluding hydrogens is 264 g/mol. The summed E-state index contributed by atoms with van der Waals surface area (Å²) in [5.74, 6) is 0.798. The van der Waals surface area contributed by atoms with Gasteiger partial charge in [-0.05, 0) is 39.2 Å². The van der Waals surface area contributed by atoms with Gasteiger partial charge in [0.25, 0.3) is 5.91 Å². The number of amides is 1. The summed E-state index contributed by atoms with van der Waals surface area (Å²) in [5.41, 5.74) is 1.39. The van der Waals surface area contributed by atoms with E-state index in [1.165, 1.54) is 25.7 Å². The molecule has 5 heteroatoms. The van der Waals surface area contributed by atoms with E-state index in [4.69, 9.17) is 0 Å². The second kappa shape index (κ2) is 6.52. The summed E-state index contributed by atoms with van der Waals surface area (Å²) in [6, 6.07) is 0.570. The van der Waals surface area contributed by atoms with Gasteiger partial charge in [0.1, 0.15) is 5.82 Å². The average Bonchev–Trinajstić information content (AvgIpc) is 3.01. The summed E-state index contributed by atoms with van der Waals surface area (Å²) >= 11 is 0. The first-order valence-electron chi connectivity index (χ1n) is 8.12. The lowest BCUT2D eigenvalue weighted by atomic mass is 10.0. The van der Waals surface area contributed by atoms with Crippen molar-refractivity contribution in [2.45, 2.75) is 64.0 Å². The molecule has 1 amide bonds. The van der Waals surface area contributed by atoms with Gasteiger partial charge in [-0.1, -0.05) is 19.3 Å². The van der Waals surface area contributed by atoms with Gasteiger partial charge in [0, 0.05) is 12.2 Å². The normalized spacial score (nSPS) is 23.2. The summed E-state index contributed by atoms with van der Waals surface area (Å²) in [7, 11) is 0. The summed E-state index contributed by atoms with van der Waals surface area (Å²) < 4.78 is 0. The molecule has 2 aliphatic rings. The average molecular weight is 288 g/mol. The van der Waals surface area contributed by atoms with Crippen LogP contribution in [0, 0.1) is 6.92 Å². The topological polar surface area (TPSA) is 66.9 Å². The minimum atomic E-state index is -0.0254. The maximum absolute atomic E-state index is 12.3. The fourth-order valence-electron chi connectivity index (χ4n) is 3.28.